The SMILES string of the molecule is C[C@H]1C(=O)N(C)c2ccc(Cl)nc2N1C1CCCCC1. The van der Waals surface area contributed by atoms with E-state index in [9.17, 15) is 4.79 Å². The monoisotopic (exact) mass is 293 g/mol. The standard InChI is InChI=1S/C15H20ClN3O/c1-10-15(20)18(2)12-8-9-13(16)17-14(12)19(10)11-6-4-3-5-7-11/h8-11H,3-7H2,1-2H3/t10-/m0/s1. The molecule has 3 rings (SSSR count). The first kappa shape index (κ1) is 13.7. The maximum atomic E-state index is 12.4. The number of fused-ring (bicyclic) bond motifs is 1. The van der Waals surface area contributed by atoms with Crippen molar-refractivity contribution in [2.24, 2.45) is 0 Å². The van der Waals surface area contributed by atoms with Gasteiger partial charge in [-0.3, -0.25) is 4.79 Å². The molecular formula is C15H20ClN3O. The highest BCUT2D eigenvalue weighted by Crippen LogP contribution is 2.38. The van der Waals surface area contributed by atoms with E-state index in [1.165, 1.54) is 19.3 Å². The average molecular weight is 294 g/mol. The van der Waals surface area contributed by atoms with Gasteiger partial charge in [-0.05, 0) is 31.9 Å². The molecule has 1 saturated carbocycles. The van der Waals surface area contributed by atoms with Crippen molar-refractivity contribution in [3.8, 4) is 0 Å². The van der Waals surface area contributed by atoms with Crippen LogP contribution in [0, 0.1) is 0 Å². The van der Waals surface area contributed by atoms with Crippen molar-refractivity contribution in [1.82, 2.24) is 4.98 Å². The highest BCUT2D eigenvalue weighted by molar-refractivity contribution is 6.29. The first-order valence-electron chi connectivity index (χ1n) is 7.32. The van der Waals surface area contributed by atoms with Gasteiger partial charge in [0.2, 0.25) is 5.91 Å². The van der Waals surface area contributed by atoms with Gasteiger partial charge in [-0.1, -0.05) is 30.9 Å². The quantitative estimate of drug-likeness (QED) is 0.746. The van der Waals surface area contributed by atoms with Gasteiger partial charge in [0, 0.05) is 13.1 Å². The van der Waals surface area contributed by atoms with Gasteiger partial charge < -0.3 is 9.80 Å². The van der Waals surface area contributed by atoms with E-state index in [1.54, 1.807) is 11.0 Å². The first-order chi connectivity index (χ1) is 9.59. The van der Waals surface area contributed by atoms with Crippen molar-refractivity contribution in [3.05, 3.63) is 17.3 Å². The Hall–Kier alpha value is -1.29. The van der Waals surface area contributed by atoms with E-state index < -0.39 is 0 Å². The molecule has 1 atom stereocenters. The van der Waals surface area contributed by atoms with Crippen LogP contribution in [-0.4, -0.2) is 30.0 Å². The number of hydrogen-bond acceptors (Lipinski definition) is 3. The number of nitrogens with zero attached hydrogens (tertiary/aromatic N) is 3. The van der Waals surface area contributed by atoms with Gasteiger partial charge in [-0.2, -0.15) is 0 Å². The van der Waals surface area contributed by atoms with Crippen LogP contribution in [0.2, 0.25) is 5.15 Å². The number of rotatable bonds is 1. The molecule has 0 aromatic carbocycles. The van der Waals surface area contributed by atoms with E-state index in [-0.39, 0.29) is 11.9 Å². The molecule has 4 nitrogen and oxygen atoms in total. The van der Waals surface area contributed by atoms with Crippen LogP contribution in [0.15, 0.2) is 12.1 Å². The second kappa shape index (κ2) is 5.24. The van der Waals surface area contributed by atoms with Gasteiger partial charge in [0.15, 0.2) is 5.82 Å². The van der Waals surface area contributed by atoms with Crippen molar-refractivity contribution in [3.63, 3.8) is 0 Å². The second-order valence-corrected chi connectivity index (χ2v) is 6.14. The predicted molar refractivity (Wildman–Crippen MR) is 81.5 cm³/mol. The average Bonchev–Trinajstić information content (AvgIpc) is 2.46. The van der Waals surface area contributed by atoms with E-state index in [1.807, 2.05) is 20.0 Å². The highest BCUT2D eigenvalue weighted by Gasteiger charge is 2.38. The fourth-order valence-electron chi connectivity index (χ4n) is 3.42. The molecule has 2 aliphatic rings. The van der Waals surface area contributed by atoms with Crippen molar-refractivity contribution >= 4 is 29.0 Å². The molecule has 1 fully saturated rings. The van der Waals surface area contributed by atoms with E-state index in [4.69, 9.17) is 11.6 Å². The molecule has 108 valence electrons. The summed E-state index contributed by atoms with van der Waals surface area (Å²) in [6.45, 7) is 1.97. The van der Waals surface area contributed by atoms with Crippen LogP contribution in [0.1, 0.15) is 39.0 Å². The molecule has 1 amide bonds. The molecule has 1 aromatic heterocycles. The van der Waals surface area contributed by atoms with Crippen molar-refractivity contribution in [2.75, 3.05) is 16.8 Å². The molecule has 1 aliphatic heterocycles. The van der Waals surface area contributed by atoms with E-state index >= 15 is 0 Å². The van der Waals surface area contributed by atoms with Gasteiger partial charge in [-0.25, -0.2) is 4.98 Å². The number of anilines is 2. The van der Waals surface area contributed by atoms with Crippen LogP contribution in [-0.2, 0) is 4.79 Å². The van der Waals surface area contributed by atoms with Crippen LogP contribution in [0.5, 0.6) is 0 Å². The minimum atomic E-state index is -0.165. The zero-order valence-corrected chi connectivity index (χ0v) is 12.7. The lowest BCUT2D eigenvalue weighted by molar-refractivity contribution is -0.119. The van der Waals surface area contributed by atoms with Crippen LogP contribution >= 0.6 is 11.6 Å². The molecule has 0 bridgehead atoms. The smallest absolute Gasteiger partial charge is 0.249 e. The summed E-state index contributed by atoms with van der Waals surface area (Å²) in [4.78, 5) is 20.8. The van der Waals surface area contributed by atoms with Crippen LogP contribution in [0.3, 0.4) is 0 Å². The van der Waals surface area contributed by atoms with Crippen LogP contribution in [0.4, 0.5) is 11.5 Å². The second-order valence-electron chi connectivity index (χ2n) is 5.75. The van der Waals surface area contributed by atoms with Gasteiger partial charge in [0.1, 0.15) is 11.2 Å². The molecule has 0 saturated heterocycles. The van der Waals surface area contributed by atoms with Gasteiger partial charge >= 0.3 is 0 Å². The summed E-state index contributed by atoms with van der Waals surface area (Å²) in [6, 6.07) is 3.88. The van der Waals surface area contributed by atoms with Gasteiger partial charge in [0.25, 0.3) is 0 Å². The molecule has 5 heteroatoms. The Kier molecular flexibility index (Phi) is 3.59. The highest BCUT2D eigenvalue weighted by atomic mass is 35.5. The maximum Gasteiger partial charge on any atom is 0.249 e. The largest absolute Gasteiger partial charge is 0.340 e. The third-order valence-electron chi connectivity index (χ3n) is 4.50. The number of carbonyl (C=O) groups excluding carboxylic acids is 1. The van der Waals surface area contributed by atoms with Crippen LogP contribution < -0.4 is 9.80 Å². The molecular weight excluding hydrogens is 274 g/mol. The lowest BCUT2D eigenvalue weighted by Crippen LogP contribution is -2.55. The summed E-state index contributed by atoms with van der Waals surface area (Å²) in [6.07, 6.45) is 6.02. The molecule has 0 N–H and O–H groups in total. The lowest BCUT2D eigenvalue weighted by atomic mass is 9.92. The Morgan fingerprint density at radius 3 is 2.65 bits per heavy atom. The topological polar surface area (TPSA) is 36.4 Å². The summed E-state index contributed by atoms with van der Waals surface area (Å²) in [7, 11) is 1.81. The van der Waals surface area contributed by atoms with Crippen LogP contribution in [0.25, 0.3) is 0 Å². The third-order valence-corrected chi connectivity index (χ3v) is 4.71. The molecule has 0 unspecified atom stereocenters. The van der Waals surface area contributed by atoms with Gasteiger partial charge in [-0.15, -0.1) is 0 Å². The lowest BCUT2D eigenvalue weighted by Gasteiger charge is -2.44. The maximum absolute atomic E-state index is 12.4. The number of carbonyl (C=O) groups is 1. The van der Waals surface area contributed by atoms with Crippen molar-refractivity contribution < 1.29 is 4.79 Å². The molecule has 1 aliphatic carbocycles. The molecule has 1 aromatic rings. The number of aromatic nitrogens is 1. The Morgan fingerprint density at radius 1 is 1.25 bits per heavy atom. The summed E-state index contributed by atoms with van der Waals surface area (Å²) in [5.41, 5.74) is 0.864. The number of likely N-dealkylation sites (N-methyl/N-ethyl adjacent to an activating group) is 1. The zero-order valence-electron chi connectivity index (χ0n) is 12.0. The molecule has 0 radical (unpaired) electrons. The number of pyridine rings is 1. The Bertz CT molecular complexity index is 528. The summed E-state index contributed by atoms with van der Waals surface area (Å²) in [5, 5.41) is 0.486. The fourth-order valence-corrected chi connectivity index (χ4v) is 3.56. The minimum absolute atomic E-state index is 0.132. The Labute approximate surface area is 124 Å². The third kappa shape index (κ3) is 2.16. The normalized spacial score (nSPS) is 23.9. The molecule has 0 spiro atoms. The predicted octanol–water partition coefficient (Wildman–Crippen LogP) is 3.24. The van der Waals surface area contributed by atoms with Crippen molar-refractivity contribution in [1.29, 1.82) is 0 Å². The number of hydrogen-bond donors (Lipinski definition) is 0. The first-order valence-corrected chi connectivity index (χ1v) is 7.70. The summed E-state index contributed by atoms with van der Waals surface area (Å²) in [5.74, 6) is 0.992. The zero-order chi connectivity index (χ0) is 14.3. The summed E-state index contributed by atoms with van der Waals surface area (Å²) >= 11 is 6.07. The molecule has 20 heavy (non-hydrogen) atoms. The number of halogens is 1. The molecule has 2 heterocycles. The van der Waals surface area contributed by atoms with E-state index in [2.05, 4.69) is 9.88 Å². The Balaban J connectivity index is 2.05. The Morgan fingerprint density at radius 2 is 1.95 bits per heavy atom. The number of amides is 1. The van der Waals surface area contributed by atoms with E-state index in [0.29, 0.717) is 11.2 Å². The van der Waals surface area contributed by atoms with E-state index in [0.717, 1.165) is 24.3 Å². The summed E-state index contributed by atoms with van der Waals surface area (Å²) < 4.78 is 0. The van der Waals surface area contributed by atoms with Gasteiger partial charge in [0.05, 0.1) is 5.69 Å². The minimum Gasteiger partial charge on any atom is -0.340 e. The fraction of sp³-hybridized carbons (Fsp3) is 0.600. The van der Waals surface area contributed by atoms with Crippen molar-refractivity contribution in [2.45, 2.75) is 51.1 Å².